The van der Waals surface area contributed by atoms with Crippen molar-refractivity contribution in [1.29, 1.82) is 0 Å². The van der Waals surface area contributed by atoms with E-state index in [1.54, 1.807) is 10.7 Å². The summed E-state index contributed by atoms with van der Waals surface area (Å²) in [6.45, 7) is 8.57. The molecule has 4 heterocycles. The summed E-state index contributed by atoms with van der Waals surface area (Å²) in [5.74, 6) is 1.16. The Labute approximate surface area is 181 Å². The highest BCUT2D eigenvalue weighted by atomic mass is 16.3. The molecule has 3 aromatic heterocycles. The van der Waals surface area contributed by atoms with Crippen LogP contribution in [0.5, 0.6) is 5.75 Å². The van der Waals surface area contributed by atoms with Crippen molar-refractivity contribution in [2.75, 3.05) is 18.0 Å². The normalized spacial score (nSPS) is 17.2. The average molecular weight is 417 g/mol. The number of phenolic OH excluding ortho intramolecular Hbond substituents is 1. The van der Waals surface area contributed by atoms with Crippen LogP contribution in [0.4, 0.5) is 5.82 Å². The van der Waals surface area contributed by atoms with Crippen LogP contribution in [0.2, 0.25) is 0 Å². The third kappa shape index (κ3) is 3.93. The molecule has 31 heavy (non-hydrogen) atoms. The van der Waals surface area contributed by atoms with Gasteiger partial charge in [-0.05, 0) is 57.5 Å². The number of hydrogen-bond donors (Lipinski definition) is 2. The molecule has 0 spiro atoms. The maximum atomic E-state index is 10.5. The van der Waals surface area contributed by atoms with Crippen molar-refractivity contribution in [3.05, 3.63) is 42.6 Å². The van der Waals surface area contributed by atoms with E-state index < -0.39 is 0 Å². The maximum Gasteiger partial charge on any atom is 0.129 e. The molecule has 160 valence electrons. The van der Waals surface area contributed by atoms with E-state index in [0.29, 0.717) is 11.6 Å². The number of benzene rings is 1. The van der Waals surface area contributed by atoms with Gasteiger partial charge in [-0.25, -0.2) is 9.97 Å². The van der Waals surface area contributed by atoms with Crippen LogP contribution in [0.1, 0.15) is 27.2 Å². The second-order valence-electron chi connectivity index (χ2n) is 9.46. The molecule has 5 rings (SSSR count). The first kappa shape index (κ1) is 19.8. The Morgan fingerprint density at radius 1 is 1.03 bits per heavy atom. The first-order chi connectivity index (χ1) is 14.7. The lowest BCUT2D eigenvalue weighted by atomic mass is 10.1. The summed E-state index contributed by atoms with van der Waals surface area (Å²) in [6, 6.07) is 12.1. The van der Waals surface area contributed by atoms with E-state index >= 15 is 0 Å². The van der Waals surface area contributed by atoms with Crippen molar-refractivity contribution in [2.45, 2.75) is 38.8 Å². The second-order valence-corrected chi connectivity index (χ2v) is 9.46. The van der Waals surface area contributed by atoms with Gasteiger partial charge in [-0.1, -0.05) is 0 Å². The number of anilines is 1. The molecular formula is C24H28N6O. The molecule has 0 radical (unpaired) electrons. The number of rotatable bonds is 3. The summed E-state index contributed by atoms with van der Waals surface area (Å²) in [5.41, 5.74) is 3.97. The van der Waals surface area contributed by atoms with E-state index in [4.69, 9.17) is 9.97 Å². The summed E-state index contributed by atoms with van der Waals surface area (Å²) in [7, 11) is 1.87. The molecular weight excluding hydrogens is 388 g/mol. The molecule has 1 aliphatic heterocycles. The van der Waals surface area contributed by atoms with Gasteiger partial charge < -0.3 is 15.3 Å². The number of aromatic nitrogens is 4. The lowest BCUT2D eigenvalue weighted by Crippen LogP contribution is -2.44. The number of nitrogens with one attached hydrogen (secondary N) is 1. The zero-order valence-corrected chi connectivity index (χ0v) is 18.4. The highest BCUT2D eigenvalue weighted by Crippen LogP contribution is 2.33. The van der Waals surface area contributed by atoms with Crippen molar-refractivity contribution < 1.29 is 5.11 Å². The molecule has 2 N–H and O–H groups in total. The molecule has 1 aromatic carbocycles. The van der Waals surface area contributed by atoms with Gasteiger partial charge in [-0.15, -0.1) is 0 Å². The number of pyridine rings is 2. The van der Waals surface area contributed by atoms with Gasteiger partial charge in [0.1, 0.15) is 11.6 Å². The Hall–Kier alpha value is -3.19. The van der Waals surface area contributed by atoms with Crippen molar-refractivity contribution >= 4 is 27.8 Å². The molecule has 0 aliphatic carbocycles. The van der Waals surface area contributed by atoms with Crippen molar-refractivity contribution in [3.8, 4) is 17.0 Å². The fraction of sp³-hybridized carbons (Fsp3) is 0.375. The quantitative estimate of drug-likeness (QED) is 0.528. The molecule has 4 aromatic rings. The Balaban J connectivity index is 1.43. The molecule has 0 saturated carbocycles. The SMILES string of the molecule is Cn1cc2cc(-c3ccc4nc(N5CC[C@@H](NC(C)(C)C)C5)ccc4n3)c(O)cc2n1. The lowest BCUT2D eigenvalue weighted by Gasteiger charge is -2.26. The molecule has 0 unspecified atom stereocenters. The number of fused-ring (bicyclic) bond motifs is 2. The van der Waals surface area contributed by atoms with Crippen molar-refractivity contribution in [2.24, 2.45) is 7.05 Å². The van der Waals surface area contributed by atoms with Gasteiger partial charge in [0.15, 0.2) is 0 Å². The number of hydrogen-bond acceptors (Lipinski definition) is 6. The highest BCUT2D eigenvalue weighted by molar-refractivity contribution is 5.88. The minimum atomic E-state index is 0.113. The van der Waals surface area contributed by atoms with Crippen LogP contribution in [0, 0.1) is 0 Å². The van der Waals surface area contributed by atoms with Crippen molar-refractivity contribution in [1.82, 2.24) is 25.1 Å². The van der Waals surface area contributed by atoms with Crippen molar-refractivity contribution in [3.63, 3.8) is 0 Å². The van der Waals surface area contributed by atoms with Crippen LogP contribution >= 0.6 is 0 Å². The number of nitrogens with zero attached hydrogens (tertiary/aromatic N) is 5. The molecule has 0 amide bonds. The zero-order valence-electron chi connectivity index (χ0n) is 18.4. The highest BCUT2D eigenvalue weighted by Gasteiger charge is 2.26. The molecule has 1 fully saturated rings. The Kier molecular flexibility index (Phi) is 4.59. The lowest BCUT2D eigenvalue weighted by molar-refractivity contribution is 0.373. The Morgan fingerprint density at radius 2 is 1.81 bits per heavy atom. The van der Waals surface area contributed by atoms with Gasteiger partial charge in [0.25, 0.3) is 0 Å². The Morgan fingerprint density at radius 3 is 2.61 bits per heavy atom. The van der Waals surface area contributed by atoms with E-state index in [1.807, 2.05) is 43.6 Å². The van der Waals surface area contributed by atoms with Gasteiger partial charge in [-0.2, -0.15) is 5.10 Å². The third-order valence-corrected chi connectivity index (χ3v) is 5.69. The summed E-state index contributed by atoms with van der Waals surface area (Å²) < 4.78 is 1.74. The summed E-state index contributed by atoms with van der Waals surface area (Å²) in [6.07, 6.45) is 3.05. The minimum Gasteiger partial charge on any atom is -0.507 e. The molecule has 1 atom stereocenters. The predicted molar refractivity (Wildman–Crippen MR) is 124 cm³/mol. The topological polar surface area (TPSA) is 79.1 Å². The summed E-state index contributed by atoms with van der Waals surface area (Å²) in [4.78, 5) is 12.0. The monoisotopic (exact) mass is 416 g/mol. The van der Waals surface area contributed by atoms with E-state index in [-0.39, 0.29) is 11.3 Å². The average Bonchev–Trinajstić information content (AvgIpc) is 3.30. The fourth-order valence-electron chi connectivity index (χ4n) is 4.41. The standard InChI is InChI=1S/C24H28N6O/c1-24(2,3)27-16-9-10-30(14-16)23-8-7-19-20(26-23)6-5-18(25-19)17-11-15-13-29(4)28-21(15)12-22(17)31/h5-8,11-13,16,27,31H,9-10,14H2,1-4H3/t16-/m1/s1. The minimum absolute atomic E-state index is 0.113. The van der Waals surface area contributed by atoms with Crippen LogP contribution in [0.25, 0.3) is 33.2 Å². The van der Waals surface area contributed by atoms with Gasteiger partial charge in [-0.3, -0.25) is 4.68 Å². The third-order valence-electron chi connectivity index (χ3n) is 5.69. The smallest absolute Gasteiger partial charge is 0.129 e. The summed E-state index contributed by atoms with van der Waals surface area (Å²) in [5, 5.41) is 19.5. The zero-order chi connectivity index (χ0) is 21.8. The molecule has 1 saturated heterocycles. The number of phenols is 1. The largest absolute Gasteiger partial charge is 0.507 e. The first-order valence-electron chi connectivity index (χ1n) is 10.7. The van der Waals surface area contributed by atoms with Crippen LogP contribution in [-0.2, 0) is 7.05 Å². The first-order valence-corrected chi connectivity index (χ1v) is 10.7. The van der Waals surface area contributed by atoms with E-state index in [9.17, 15) is 5.11 Å². The van der Waals surface area contributed by atoms with Crippen LogP contribution in [0.15, 0.2) is 42.6 Å². The van der Waals surface area contributed by atoms with Crippen LogP contribution < -0.4 is 10.2 Å². The van der Waals surface area contributed by atoms with Crippen LogP contribution in [0.3, 0.4) is 0 Å². The predicted octanol–water partition coefficient (Wildman–Crippen LogP) is 3.86. The van der Waals surface area contributed by atoms with Gasteiger partial charge in [0.05, 0.1) is 22.2 Å². The molecule has 1 aliphatic rings. The van der Waals surface area contributed by atoms with Gasteiger partial charge in [0.2, 0.25) is 0 Å². The maximum absolute atomic E-state index is 10.5. The van der Waals surface area contributed by atoms with E-state index in [0.717, 1.165) is 53.0 Å². The summed E-state index contributed by atoms with van der Waals surface area (Å²) >= 11 is 0. The number of aryl methyl sites for hydroxylation is 1. The van der Waals surface area contributed by atoms with Crippen LogP contribution in [-0.4, -0.2) is 49.5 Å². The van der Waals surface area contributed by atoms with Gasteiger partial charge >= 0.3 is 0 Å². The van der Waals surface area contributed by atoms with Gasteiger partial charge in [0, 0.05) is 54.9 Å². The molecule has 7 nitrogen and oxygen atoms in total. The molecule has 7 heteroatoms. The Bertz CT molecular complexity index is 1270. The second kappa shape index (κ2) is 7.20. The molecule has 0 bridgehead atoms. The number of aromatic hydroxyl groups is 1. The van der Waals surface area contributed by atoms with E-state index in [1.165, 1.54) is 0 Å². The fourth-order valence-corrected chi connectivity index (χ4v) is 4.41. The van der Waals surface area contributed by atoms with E-state index in [2.05, 4.69) is 36.1 Å².